The highest BCUT2D eigenvalue weighted by Crippen LogP contribution is 2.33. The van der Waals surface area contributed by atoms with Gasteiger partial charge in [-0.25, -0.2) is 0 Å². The third-order valence-electron chi connectivity index (χ3n) is 3.85. The molecule has 122 valence electrons. The molecule has 0 saturated carbocycles. The van der Waals surface area contributed by atoms with Crippen molar-refractivity contribution in [3.63, 3.8) is 0 Å². The fourth-order valence-corrected chi connectivity index (χ4v) is 2.78. The quantitative estimate of drug-likeness (QED) is 0.576. The summed E-state index contributed by atoms with van der Waals surface area (Å²) < 4.78 is 0. The number of rotatable bonds is 3. The van der Waals surface area contributed by atoms with Crippen LogP contribution >= 0.6 is 11.6 Å². The van der Waals surface area contributed by atoms with E-state index in [9.17, 15) is 0 Å². The van der Waals surface area contributed by atoms with Crippen LogP contribution in [0.1, 0.15) is 51.9 Å². The van der Waals surface area contributed by atoms with Crippen molar-refractivity contribution < 1.29 is 0 Å². The third-order valence-corrected chi connectivity index (χ3v) is 4.16. The molecule has 0 aliphatic heterocycles. The van der Waals surface area contributed by atoms with E-state index in [1.807, 2.05) is 26.1 Å². The van der Waals surface area contributed by atoms with Crippen LogP contribution in [0.3, 0.4) is 0 Å². The highest BCUT2D eigenvalue weighted by atomic mass is 35.5. The maximum atomic E-state index is 6.46. The summed E-state index contributed by atoms with van der Waals surface area (Å²) in [6, 6.07) is 10.5. The molecule has 1 N–H and O–H groups in total. The highest BCUT2D eigenvalue weighted by molar-refractivity contribution is 6.34. The minimum Gasteiger partial charge on any atom is -0.358 e. The molecule has 2 aromatic heterocycles. The maximum absolute atomic E-state index is 6.46. The molecule has 1 aromatic carbocycles. The van der Waals surface area contributed by atoms with Crippen LogP contribution in [-0.4, -0.2) is 9.97 Å². The largest absolute Gasteiger partial charge is 0.358 e. The van der Waals surface area contributed by atoms with Crippen molar-refractivity contribution in [2.45, 2.75) is 47.0 Å². The van der Waals surface area contributed by atoms with Crippen LogP contribution in [0.5, 0.6) is 0 Å². The molecular weight excluding hydrogens is 304 g/mol. The first-order chi connectivity index (χ1) is 11.1. The first-order valence-corrected chi connectivity index (χ1v) is 8.73. The van der Waals surface area contributed by atoms with Gasteiger partial charge in [-0.3, -0.25) is 4.98 Å². The van der Waals surface area contributed by atoms with E-state index in [4.69, 9.17) is 11.6 Å². The van der Waals surface area contributed by atoms with Gasteiger partial charge in [0.2, 0.25) is 0 Å². The lowest BCUT2D eigenvalue weighted by Crippen LogP contribution is -1.88. The van der Waals surface area contributed by atoms with Crippen molar-refractivity contribution in [1.29, 1.82) is 0 Å². The van der Waals surface area contributed by atoms with Gasteiger partial charge >= 0.3 is 0 Å². The van der Waals surface area contributed by atoms with Gasteiger partial charge in [-0.15, -0.1) is 0 Å². The molecule has 3 heteroatoms. The van der Waals surface area contributed by atoms with E-state index in [1.54, 1.807) is 0 Å². The van der Waals surface area contributed by atoms with E-state index in [0.29, 0.717) is 5.92 Å². The Hall–Kier alpha value is -1.80. The summed E-state index contributed by atoms with van der Waals surface area (Å²) in [5.41, 5.74) is 5.53. The molecule has 3 rings (SSSR count). The molecule has 23 heavy (non-hydrogen) atoms. The number of aromatic amines is 1. The Morgan fingerprint density at radius 1 is 1.13 bits per heavy atom. The lowest BCUT2D eigenvalue weighted by atomic mass is 10.1. The van der Waals surface area contributed by atoms with Gasteiger partial charge in [-0.2, -0.15) is 0 Å². The summed E-state index contributed by atoms with van der Waals surface area (Å²) in [4.78, 5) is 7.94. The SMILES string of the molecule is CC.CCc1ccc(-c2cc3[nH]c(C(C)C)cc3cc2Cl)cn1. The molecule has 2 heterocycles. The van der Waals surface area contributed by atoms with E-state index < -0.39 is 0 Å². The van der Waals surface area contributed by atoms with Gasteiger partial charge in [0.25, 0.3) is 0 Å². The summed E-state index contributed by atoms with van der Waals surface area (Å²) in [6.07, 6.45) is 2.85. The Balaban J connectivity index is 0.000000924. The highest BCUT2D eigenvalue weighted by Gasteiger charge is 2.10. The second kappa shape index (κ2) is 7.65. The van der Waals surface area contributed by atoms with E-state index >= 15 is 0 Å². The van der Waals surface area contributed by atoms with Crippen molar-refractivity contribution >= 4 is 22.5 Å². The molecule has 0 saturated heterocycles. The number of nitrogens with zero attached hydrogens (tertiary/aromatic N) is 1. The number of pyridine rings is 1. The van der Waals surface area contributed by atoms with E-state index in [-0.39, 0.29) is 0 Å². The number of nitrogens with one attached hydrogen (secondary N) is 1. The predicted octanol–water partition coefficient (Wildman–Crippen LogP) is 6.60. The zero-order chi connectivity index (χ0) is 17.0. The van der Waals surface area contributed by atoms with Crippen molar-refractivity contribution in [2.24, 2.45) is 0 Å². The van der Waals surface area contributed by atoms with Crippen LogP contribution in [0.25, 0.3) is 22.0 Å². The fourth-order valence-electron chi connectivity index (χ4n) is 2.50. The Labute approximate surface area is 143 Å². The smallest absolute Gasteiger partial charge is 0.0492 e. The van der Waals surface area contributed by atoms with Gasteiger partial charge in [0.15, 0.2) is 0 Å². The first kappa shape index (κ1) is 17.6. The van der Waals surface area contributed by atoms with Crippen molar-refractivity contribution in [3.8, 4) is 11.1 Å². The van der Waals surface area contributed by atoms with Gasteiger partial charge < -0.3 is 4.98 Å². The number of hydrogen-bond acceptors (Lipinski definition) is 1. The summed E-state index contributed by atoms with van der Waals surface area (Å²) in [7, 11) is 0. The van der Waals surface area contributed by atoms with Crippen LogP contribution in [0.4, 0.5) is 0 Å². The van der Waals surface area contributed by atoms with E-state index in [0.717, 1.165) is 39.2 Å². The zero-order valence-electron chi connectivity index (χ0n) is 14.6. The van der Waals surface area contributed by atoms with Gasteiger partial charge in [-0.05, 0) is 36.6 Å². The maximum Gasteiger partial charge on any atom is 0.0492 e. The molecule has 0 fully saturated rings. The van der Waals surface area contributed by atoms with Crippen LogP contribution in [0, 0.1) is 0 Å². The lowest BCUT2D eigenvalue weighted by molar-refractivity contribution is 0.836. The molecule has 0 aliphatic rings. The minimum absolute atomic E-state index is 0.477. The Morgan fingerprint density at radius 3 is 2.43 bits per heavy atom. The van der Waals surface area contributed by atoms with Gasteiger partial charge in [-0.1, -0.05) is 52.3 Å². The van der Waals surface area contributed by atoms with Gasteiger partial charge in [0.1, 0.15) is 0 Å². The van der Waals surface area contributed by atoms with Crippen LogP contribution < -0.4 is 0 Å². The fraction of sp³-hybridized carbons (Fsp3) is 0.350. The van der Waals surface area contributed by atoms with Crippen molar-refractivity contribution in [3.05, 3.63) is 52.9 Å². The summed E-state index contributed by atoms with van der Waals surface area (Å²) in [5, 5.41) is 1.92. The van der Waals surface area contributed by atoms with E-state index in [1.165, 1.54) is 5.69 Å². The second-order valence-corrected chi connectivity index (χ2v) is 6.10. The average molecular weight is 329 g/mol. The number of aryl methyl sites for hydroxylation is 1. The molecule has 0 bridgehead atoms. The zero-order valence-corrected chi connectivity index (χ0v) is 15.3. The monoisotopic (exact) mass is 328 g/mol. The van der Waals surface area contributed by atoms with Crippen LogP contribution in [0.2, 0.25) is 5.02 Å². The summed E-state index contributed by atoms with van der Waals surface area (Å²) in [6.45, 7) is 10.5. The van der Waals surface area contributed by atoms with Gasteiger partial charge in [0.05, 0.1) is 0 Å². The molecule has 0 radical (unpaired) electrons. The number of H-pyrrole nitrogens is 1. The number of fused-ring (bicyclic) bond motifs is 1. The Kier molecular flexibility index (Phi) is 5.84. The van der Waals surface area contributed by atoms with Crippen LogP contribution in [-0.2, 0) is 6.42 Å². The second-order valence-electron chi connectivity index (χ2n) is 5.69. The first-order valence-electron chi connectivity index (χ1n) is 8.36. The number of aromatic nitrogens is 2. The normalized spacial score (nSPS) is 10.7. The van der Waals surface area contributed by atoms with Crippen molar-refractivity contribution in [1.82, 2.24) is 9.97 Å². The number of hydrogen-bond donors (Lipinski definition) is 1. The molecule has 0 amide bonds. The molecular formula is C20H25ClN2. The molecule has 0 aliphatic carbocycles. The minimum atomic E-state index is 0.477. The van der Waals surface area contributed by atoms with E-state index in [2.05, 4.69) is 55.0 Å². The van der Waals surface area contributed by atoms with Crippen molar-refractivity contribution in [2.75, 3.05) is 0 Å². The molecule has 0 spiro atoms. The summed E-state index contributed by atoms with van der Waals surface area (Å²) in [5.74, 6) is 0.477. The number of benzene rings is 1. The molecule has 0 atom stereocenters. The number of halogens is 1. The lowest BCUT2D eigenvalue weighted by Gasteiger charge is -2.06. The molecule has 2 nitrogen and oxygen atoms in total. The molecule has 3 aromatic rings. The third kappa shape index (κ3) is 3.76. The Morgan fingerprint density at radius 2 is 1.87 bits per heavy atom. The summed E-state index contributed by atoms with van der Waals surface area (Å²) >= 11 is 6.46. The average Bonchev–Trinajstić information content (AvgIpc) is 2.99. The topological polar surface area (TPSA) is 28.7 Å². The standard InChI is InChI=1S/C18H19ClN2.C2H6/c1-4-14-6-5-12(10-20-14)15-9-18-13(7-16(15)19)8-17(21-18)11(2)3;1-2/h5-11,21H,4H2,1-3H3;1-2H3. The predicted molar refractivity (Wildman–Crippen MR) is 101 cm³/mol. The molecule has 0 unspecified atom stereocenters. The van der Waals surface area contributed by atoms with Gasteiger partial charge in [0, 0.05) is 44.6 Å². The Bertz CT molecular complexity index is 770. The van der Waals surface area contributed by atoms with Crippen LogP contribution in [0.15, 0.2) is 36.5 Å².